The molecule has 42 heavy (non-hydrogen) atoms. The molecule has 2 N–H and O–H groups in total. The van der Waals surface area contributed by atoms with Gasteiger partial charge in [-0.05, 0) is 54.4 Å². The van der Waals surface area contributed by atoms with Gasteiger partial charge in [-0.2, -0.15) is 13.2 Å². The van der Waals surface area contributed by atoms with Crippen LogP contribution in [0.25, 0.3) is 11.1 Å². The summed E-state index contributed by atoms with van der Waals surface area (Å²) in [6, 6.07) is 8.90. The number of rotatable bonds is 9. The molecule has 226 valence electrons. The van der Waals surface area contributed by atoms with Crippen LogP contribution in [0.5, 0.6) is 0 Å². The lowest BCUT2D eigenvalue weighted by Crippen LogP contribution is -2.40. The molecule has 2 aromatic carbocycles. The summed E-state index contributed by atoms with van der Waals surface area (Å²) in [6.07, 6.45) is -4.58. The molecular formula is C29H32F4N4O5. The van der Waals surface area contributed by atoms with Crippen LogP contribution in [-0.2, 0) is 22.6 Å². The average Bonchev–Trinajstić information content (AvgIpc) is 3.58. The summed E-state index contributed by atoms with van der Waals surface area (Å²) in [5.41, 5.74) is 2.95. The lowest BCUT2D eigenvalue weighted by Gasteiger charge is -2.32. The molecule has 2 aliphatic rings. The molecule has 3 amide bonds. The molecule has 1 saturated heterocycles. The Balaban J connectivity index is 1.42. The van der Waals surface area contributed by atoms with E-state index in [0.29, 0.717) is 47.9 Å². The van der Waals surface area contributed by atoms with Gasteiger partial charge in [0.05, 0.1) is 19.2 Å². The second kappa shape index (κ2) is 12.6. The summed E-state index contributed by atoms with van der Waals surface area (Å²) < 4.78 is 71.0. The predicted molar refractivity (Wildman–Crippen MR) is 143 cm³/mol. The minimum absolute atomic E-state index is 0.0651. The number of benzene rings is 2. The minimum Gasteiger partial charge on any atom is -0.440 e. The molecule has 13 heteroatoms. The number of nitrogens with zero attached hydrogens (tertiary/aromatic N) is 2. The van der Waals surface area contributed by atoms with Gasteiger partial charge in [0, 0.05) is 13.7 Å². The Hall–Kier alpha value is -3.87. The Morgan fingerprint density at radius 3 is 2.57 bits per heavy atom. The van der Waals surface area contributed by atoms with Crippen LogP contribution in [0.2, 0.25) is 0 Å². The maximum Gasteiger partial charge on any atom is 0.410 e. The zero-order chi connectivity index (χ0) is 29.9. The van der Waals surface area contributed by atoms with E-state index in [9.17, 15) is 27.2 Å². The zero-order valence-corrected chi connectivity index (χ0v) is 23.0. The van der Waals surface area contributed by atoms with Crippen molar-refractivity contribution in [1.82, 2.24) is 20.5 Å². The number of ether oxygens (including phenoxy) is 2. The van der Waals surface area contributed by atoms with Crippen molar-refractivity contribution in [3.8, 4) is 0 Å². The van der Waals surface area contributed by atoms with Crippen molar-refractivity contribution >= 4 is 23.2 Å². The molecule has 5 rings (SSSR count). The van der Waals surface area contributed by atoms with Gasteiger partial charge in [0.25, 0.3) is 0 Å². The summed E-state index contributed by atoms with van der Waals surface area (Å²) in [6.45, 7) is -0.631. The third-order valence-electron chi connectivity index (χ3n) is 7.74. The van der Waals surface area contributed by atoms with Gasteiger partial charge in [0.1, 0.15) is 17.7 Å². The van der Waals surface area contributed by atoms with Crippen molar-refractivity contribution in [2.24, 2.45) is 0 Å². The van der Waals surface area contributed by atoms with Gasteiger partial charge >= 0.3 is 18.3 Å². The standard InChI is InChI=1S/C29H32F4N4O5/c1-40-15-21(37-14-23(29(31,32)33)35-27(37)38)20-11-12-22-26(25(20)18-7-9-19(30)10-8-18)36-24(42-22)16-41-28(39)34-13-17-5-3-2-4-6-17/h2-6,11-12,18-19,21,23H,7-10,13-16H2,1H3,(H,34,39)(H,35,38)/t18?,19?,21-,23+/m1/s1. The summed E-state index contributed by atoms with van der Waals surface area (Å²) >= 11 is 0. The molecule has 0 spiro atoms. The number of urea groups is 1. The fourth-order valence-electron chi connectivity index (χ4n) is 5.66. The normalized spacial score (nSPS) is 21.8. The first-order valence-corrected chi connectivity index (χ1v) is 13.8. The van der Waals surface area contributed by atoms with Gasteiger partial charge in [-0.1, -0.05) is 36.4 Å². The highest BCUT2D eigenvalue weighted by molar-refractivity contribution is 5.81. The SMILES string of the molecule is COC[C@H](c1ccc2oc(COC(=O)NCc3ccccc3)nc2c1C1CCC(F)CC1)N1C[C@@H](C(F)(F)F)NC1=O. The van der Waals surface area contributed by atoms with E-state index >= 15 is 0 Å². The molecule has 0 unspecified atom stereocenters. The number of alkyl carbamates (subject to hydrolysis) is 1. The quantitative estimate of drug-likeness (QED) is 0.300. The number of oxazole rings is 1. The van der Waals surface area contributed by atoms with E-state index in [1.165, 1.54) is 7.11 Å². The second-order valence-electron chi connectivity index (χ2n) is 10.6. The number of methoxy groups -OCH3 is 1. The third-order valence-corrected chi connectivity index (χ3v) is 7.74. The van der Waals surface area contributed by atoms with Crippen LogP contribution in [0, 0.1) is 0 Å². The zero-order valence-electron chi connectivity index (χ0n) is 23.0. The van der Waals surface area contributed by atoms with Gasteiger partial charge in [0.2, 0.25) is 5.89 Å². The largest absolute Gasteiger partial charge is 0.440 e. The van der Waals surface area contributed by atoms with Gasteiger partial charge in [-0.15, -0.1) is 0 Å². The van der Waals surface area contributed by atoms with Gasteiger partial charge in [-0.25, -0.2) is 19.0 Å². The van der Waals surface area contributed by atoms with E-state index in [4.69, 9.17) is 13.9 Å². The van der Waals surface area contributed by atoms with E-state index in [2.05, 4.69) is 10.3 Å². The number of carbonyl (C=O) groups excluding carboxylic acids is 2. The van der Waals surface area contributed by atoms with E-state index in [-0.39, 0.29) is 31.6 Å². The smallest absolute Gasteiger partial charge is 0.410 e. The van der Waals surface area contributed by atoms with Crippen LogP contribution < -0.4 is 10.6 Å². The van der Waals surface area contributed by atoms with Crippen molar-refractivity contribution in [2.45, 2.75) is 69.2 Å². The first-order valence-electron chi connectivity index (χ1n) is 13.8. The van der Waals surface area contributed by atoms with E-state index in [1.54, 1.807) is 12.1 Å². The minimum atomic E-state index is -4.61. The highest BCUT2D eigenvalue weighted by Gasteiger charge is 2.49. The number of amides is 3. The Morgan fingerprint density at radius 2 is 1.90 bits per heavy atom. The highest BCUT2D eigenvalue weighted by Crippen LogP contribution is 2.43. The van der Waals surface area contributed by atoms with Crippen molar-refractivity contribution in [3.63, 3.8) is 0 Å². The maximum atomic E-state index is 14.1. The Kier molecular flexibility index (Phi) is 8.85. The number of nitrogens with one attached hydrogen (secondary N) is 2. The number of halogens is 4. The van der Waals surface area contributed by atoms with Crippen molar-refractivity contribution < 1.29 is 41.0 Å². The van der Waals surface area contributed by atoms with Crippen molar-refractivity contribution in [3.05, 3.63) is 65.0 Å². The van der Waals surface area contributed by atoms with Crippen molar-refractivity contribution in [1.29, 1.82) is 0 Å². The van der Waals surface area contributed by atoms with Crippen LogP contribution in [-0.4, -0.2) is 60.7 Å². The first-order chi connectivity index (χ1) is 20.1. The monoisotopic (exact) mass is 592 g/mol. The predicted octanol–water partition coefficient (Wildman–Crippen LogP) is 5.89. The summed E-state index contributed by atoms with van der Waals surface area (Å²) in [4.78, 5) is 30.7. The molecule has 0 radical (unpaired) electrons. The maximum absolute atomic E-state index is 14.1. The second-order valence-corrected chi connectivity index (χ2v) is 10.6. The number of hydrogen-bond donors (Lipinski definition) is 2. The van der Waals surface area contributed by atoms with Crippen LogP contribution in [0.4, 0.5) is 27.2 Å². The summed E-state index contributed by atoms with van der Waals surface area (Å²) in [5.74, 6) is -0.0519. The van der Waals surface area contributed by atoms with Crippen LogP contribution in [0.1, 0.15) is 60.2 Å². The Bertz CT molecular complexity index is 1390. The topological polar surface area (TPSA) is 106 Å². The Labute approximate surface area is 239 Å². The third kappa shape index (κ3) is 6.61. The fraction of sp³-hybridized carbons (Fsp3) is 0.483. The first kappa shape index (κ1) is 29.6. The van der Waals surface area contributed by atoms with Gasteiger partial charge < -0.3 is 29.4 Å². The number of fused-ring (bicyclic) bond motifs is 1. The number of alkyl halides is 4. The number of carbonyl (C=O) groups is 2. The van der Waals surface area contributed by atoms with E-state index in [1.807, 2.05) is 35.6 Å². The summed E-state index contributed by atoms with van der Waals surface area (Å²) in [5, 5.41) is 4.67. The van der Waals surface area contributed by atoms with Crippen LogP contribution in [0.15, 0.2) is 46.9 Å². The molecule has 1 aliphatic carbocycles. The molecular weight excluding hydrogens is 560 g/mol. The van der Waals surface area contributed by atoms with Gasteiger partial charge in [-0.3, -0.25) is 0 Å². The number of hydrogen-bond acceptors (Lipinski definition) is 6. The number of aromatic nitrogens is 1. The molecule has 9 nitrogen and oxygen atoms in total. The molecule has 3 aromatic rings. The molecule has 2 heterocycles. The fourth-order valence-corrected chi connectivity index (χ4v) is 5.66. The molecule has 1 aliphatic heterocycles. The molecule has 1 saturated carbocycles. The van der Waals surface area contributed by atoms with Crippen molar-refractivity contribution in [2.75, 3.05) is 20.3 Å². The Morgan fingerprint density at radius 1 is 1.17 bits per heavy atom. The van der Waals surface area contributed by atoms with Crippen LogP contribution in [0.3, 0.4) is 0 Å². The molecule has 1 aromatic heterocycles. The lowest BCUT2D eigenvalue weighted by molar-refractivity contribution is -0.150. The van der Waals surface area contributed by atoms with Crippen LogP contribution >= 0.6 is 0 Å². The van der Waals surface area contributed by atoms with E-state index < -0.39 is 43.1 Å². The molecule has 2 atom stereocenters. The van der Waals surface area contributed by atoms with Gasteiger partial charge in [0.15, 0.2) is 12.2 Å². The van der Waals surface area contributed by atoms with E-state index in [0.717, 1.165) is 10.5 Å². The average molecular weight is 593 g/mol. The molecule has 2 fully saturated rings. The lowest BCUT2D eigenvalue weighted by atomic mass is 9.79. The highest BCUT2D eigenvalue weighted by atomic mass is 19.4. The summed E-state index contributed by atoms with van der Waals surface area (Å²) in [7, 11) is 1.41. The molecule has 0 bridgehead atoms.